The third-order valence-corrected chi connectivity index (χ3v) is 9.00. The molecule has 234 valence electrons. The van der Waals surface area contributed by atoms with Crippen molar-refractivity contribution in [2.45, 2.75) is 13.8 Å². The van der Waals surface area contributed by atoms with Gasteiger partial charge < -0.3 is 0 Å². The minimum atomic E-state index is 0.605. The number of hydrogen-bond acceptors (Lipinski definition) is 3. The van der Waals surface area contributed by atoms with E-state index in [9.17, 15) is 0 Å². The van der Waals surface area contributed by atoms with Gasteiger partial charge in [-0.25, -0.2) is 9.97 Å². The number of allylic oxidation sites excluding steroid dienone is 4. The SMILES string of the molecule is C/C=C\C=C(/C)c1ccc2c(c1)c1ncccc1n2-c1nc(-c2ccc(-c3ccccc3)cc2)cc(-c2ccc(-c3ccccc3)cc2)n1. The molecule has 0 N–H and O–H groups in total. The fraction of sp³-hybridized carbons (Fsp3) is 0.0444. The summed E-state index contributed by atoms with van der Waals surface area (Å²) in [6, 6.07) is 50.9. The first-order valence-corrected chi connectivity index (χ1v) is 16.6. The highest BCUT2D eigenvalue weighted by Gasteiger charge is 2.18. The first kappa shape index (κ1) is 30.0. The van der Waals surface area contributed by atoms with Crippen molar-refractivity contribution in [1.82, 2.24) is 19.5 Å². The van der Waals surface area contributed by atoms with E-state index >= 15 is 0 Å². The molecular weight excluding hydrogens is 597 g/mol. The van der Waals surface area contributed by atoms with Crippen LogP contribution in [0.25, 0.3) is 78.2 Å². The van der Waals surface area contributed by atoms with Gasteiger partial charge >= 0.3 is 0 Å². The molecule has 0 saturated heterocycles. The normalized spacial score (nSPS) is 11.9. The van der Waals surface area contributed by atoms with Crippen molar-refractivity contribution in [2.75, 3.05) is 0 Å². The van der Waals surface area contributed by atoms with Gasteiger partial charge in [0.15, 0.2) is 0 Å². The molecule has 3 heterocycles. The maximum absolute atomic E-state index is 5.24. The predicted octanol–water partition coefficient (Wildman–Crippen LogP) is 11.6. The Morgan fingerprint density at radius 2 is 1.10 bits per heavy atom. The molecular formula is C45H34N4. The van der Waals surface area contributed by atoms with E-state index in [-0.39, 0.29) is 0 Å². The van der Waals surface area contributed by atoms with E-state index in [1.54, 1.807) is 0 Å². The minimum absolute atomic E-state index is 0.605. The zero-order chi connectivity index (χ0) is 33.2. The summed E-state index contributed by atoms with van der Waals surface area (Å²) in [7, 11) is 0. The fourth-order valence-electron chi connectivity index (χ4n) is 6.39. The van der Waals surface area contributed by atoms with E-state index in [0.29, 0.717) is 5.95 Å². The van der Waals surface area contributed by atoms with Crippen molar-refractivity contribution in [3.05, 3.63) is 176 Å². The molecule has 0 saturated carbocycles. The van der Waals surface area contributed by atoms with E-state index in [1.807, 2.05) is 37.4 Å². The number of pyridine rings is 1. The van der Waals surface area contributed by atoms with Crippen LogP contribution in [0.1, 0.15) is 19.4 Å². The van der Waals surface area contributed by atoms with Gasteiger partial charge in [0.05, 0.1) is 27.9 Å². The molecule has 0 unspecified atom stereocenters. The number of fused-ring (bicyclic) bond motifs is 3. The Morgan fingerprint density at radius 3 is 1.67 bits per heavy atom. The molecule has 0 radical (unpaired) electrons. The van der Waals surface area contributed by atoms with Gasteiger partial charge in [0.25, 0.3) is 0 Å². The lowest BCUT2D eigenvalue weighted by molar-refractivity contribution is 0.994. The van der Waals surface area contributed by atoms with Gasteiger partial charge in [-0.15, -0.1) is 0 Å². The van der Waals surface area contributed by atoms with Crippen LogP contribution in [0.2, 0.25) is 0 Å². The molecule has 0 bridgehead atoms. The van der Waals surface area contributed by atoms with Crippen LogP contribution >= 0.6 is 0 Å². The summed E-state index contributed by atoms with van der Waals surface area (Å²) in [4.78, 5) is 15.3. The number of benzene rings is 5. The van der Waals surface area contributed by atoms with Crippen molar-refractivity contribution in [3.8, 4) is 50.7 Å². The zero-order valence-electron chi connectivity index (χ0n) is 27.5. The maximum atomic E-state index is 5.24. The first-order chi connectivity index (χ1) is 24.2. The maximum Gasteiger partial charge on any atom is 0.235 e. The van der Waals surface area contributed by atoms with E-state index < -0.39 is 0 Å². The summed E-state index contributed by atoms with van der Waals surface area (Å²) in [6.07, 6.45) is 8.11. The molecule has 8 rings (SSSR count). The molecule has 8 aromatic rings. The molecule has 0 spiro atoms. The van der Waals surface area contributed by atoms with Crippen LogP contribution in [-0.2, 0) is 0 Å². The van der Waals surface area contributed by atoms with Crippen LogP contribution < -0.4 is 0 Å². The lowest BCUT2D eigenvalue weighted by atomic mass is 10.0. The highest BCUT2D eigenvalue weighted by atomic mass is 15.2. The van der Waals surface area contributed by atoms with Crippen molar-refractivity contribution < 1.29 is 0 Å². The first-order valence-electron chi connectivity index (χ1n) is 16.6. The van der Waals surface area contributed by atoms with Crippen LogP contribution in [0.3, 0.4) is 0 Å². The van der Waals surface area contributed by atoms with Gasteiger partial charge in [0.1, 0.15) is 0 Å². The Kier molecular flexibility index (Phi) is 7.96. The fourth-order valence-corrected chi connectivity index (χ4v) is 6.39. The smallest absolute Gasteiger partial charge is 0.235 e. The number of aromatic nitrogens is 4. The average Bonchev–Trinajstić information content (AvgIpc) is 3.51. The Bertz CT molecular complexity index is 2370. The molecule has 3 aromatic heterocycles. The van der Waals surface area contributed by atoms with Crippen molar-refractivity contribution in [1.29, 1.82) is 0 Å². The lowest BCUT2D eigenvalue weighted by Gasteiger charge is -2.12. The molecule has 49 heavy (non-hydrogen) atoms. The van der Waals surface area contributed by atoms with Crippen molar-refractivity contribution >= 4 is 27.5 Å². The molecule has 4 nitrogen and oxygen atoms in total. The highest BCUT2D eigenvalue weighted by molar-refractivity contribution is 6.07. The second kappa shape index (κ2) is 13.0. The minimum Gasteiger partial charge on any atom is -0.276 e. The Balaban J connectivity index is 1.31. The van der Waals surface area contributed by atoms with E-state index in [2.05, 4.69) is 151 Å². The van der Waals surface area contributed by atoms with Gasteiger partial charge in [-0.1, -0.05) is 133 Å². The molecule has 5 aromatic carbocycles. The van der Waals surface area contributed by atoms with Crippen LogP contribution in [0, 0.1) is 0 Å². The van der Waals surface area contributed by atoms with Crippen LogP contribution in [-0.4, -0.2) is 19.5 Å². The van der Waals surface area contributed by atoms with Crippen LogP contribution in [0.5, 0.6) is 0 Å². The highest BCUT2D eigenvalue weighted by Crippen LogP contribution is 2.34. The van der Waals surface area contributed by atoms with Gasteiger partial charge in [0, 0.05) is 22.7 Å². The summed E-state index contributed by atoms with van der Waals surface area (Å²) in [5.41, 5.74) is 13.7. The monoisotopic (exact) mass is 630 g/mol. The average molecular weight is 631 g/mol. The quantitative estimate of drug-likeness (QED) is 0.165. The largest absolute Gasteiger partial charge is 0.276 e. The topological polar surface area (TPSA) is 43.6 Å². The van der Waals surface area contributed by atoms with Gasteiger partial charge in [-0.3, -0.25) is 9.55 Å². The molecule has 0 aliphatic heterocycles. The second-order valence-corrected chi connectivity index (χ2v) is 12.1. The second-order valence-electron chi connectivity index (χ2n) is 12.1. The molecule has 0 fully saturated rings. The summed E-state index contributed by atoms with van der Waals surface area (Å²) in [5, 5.41) is 1.07. The standard InChI is InChI=1S/C45H34N4/c1-3-4-12-31(2)38-26-27-42-39(29-38)44-43(17-11-28-46-44)49(42)45-47-40(36-22-18-34(19-23-36)32-13-7-5-8-14-32)30-41(48-45)37-24-20-35(21-25-37)33-15-9-6-10-16-33/h3-30H,1-2H3/b4-3-,31-12+. The molecule has 4 heteroatoms. The van der Waals surface area contributed by atoms with E-state index in [4.69, 9.17) is 15.0 Å². The molecule has 0 aliphatic carbocycles. The Hall–Kier alpha value is -6.39. The van der Waals surface area contributed by atoms with Crippen molar-refractivity contribution in [2.24, 2.45) is 0 Å². The van der Waals surface area contributed by atoms with Crippen molar-refractivity contribution in [3.63, 3.8) is 0 Å². The third-order valence-electron chi connectivity index (χ3n) is 9.00. The summed E-state index contributed by atoms with van der Waals surface area (Å²) in [6.45, 7) is 4.17. The third kappa shape index (κ3) is 5.85. The van der Waals surface area contributed by atoms with Gasteiger partial charge in [-0.2, -0.15) is 0 Å². The number of rotatable bonds is 7. The molecule has 0 atom stereocenters. The van der Waals surface area contributed by atoms with E-state index in [0.717, 1.165) is 50.0 Å². The van der Waals surface area contributed by atoms with Crippen LogP contribution in [0.15, 0.2) is 170 Å². The molecule has 0 amide bonds. The number of nitrogens with zero attached hydrogens (tertiary/aromatic N) is 4. The summed E-state index contributed by atoms with van der Waals surface area (Å²) in [5.74, 6) is 0.605. The van der Waals surface area contributed by atoms with E-state index in [1.165, 1.54) is 27.8 Å². The Morgan fingerprint density at radius 1 is 0.551 bits per heavy atom. The summed E-state index contributed by atoms with van der Waals surface area (Å²) < 4.78 is 2.15. The zero-order valence-corrected chi connectivity index (χ0v) is 27.5. The predicted molar refractivity (Wildman–Crippen MR) is 204 cm³/mol. The lowest BCUT2D eigenvalue weighted by Crippen LogP contribution is -2.04. The number of hydrogen-bond donors (Lipinski definition) is 0. The van der Waals surface area contributed by atoms with Gasteiger partial charge in [-0.05, 0) is 77.6 Å². The summed E-state index contributed by atoms with van der Waals surface area (Å²) >= 11 is 0. The Labute approximate surface area is 286 Å². The van der Waals surface area contributed by atoms with Crippen LogP contribution in [0.4, 0.5) is 0 Å². The molecule has 0 aliphatic rings. The van der Waals surface area contributed by atoms with Gasteiger partial charge in [0.2, 0.25) is 5.95 Å².